The summed E-state index contributed by atoms with van der Waals surface area (Å²) in [5.74, 6) is 0.255. The van der Waals surface area contributed by atoms with Gasteiger partial charge in [-0.2, -0.15) is 0 Å². The molecule has 0 radical (unpaired) electrons. The van der Waals surface area contributed by atoms with Crippen LogP contribution in [0.5, 0.6) is 5.75 Å². The average molecular weight is 363 g/mol. The number of methoxy groups -OCH3 is 1. The molecule has 2 rings (SSSR count). The van der Waals surface area contributed by atoms with E-state index in [1.165, 1.54) is 24.3 Å². The van der Waals surface area contributed by atoms with Crippen LogP contribution >= 0.6 is 0 Å². The Kier molecular flexibility index (Phi) is 5.66. The number of hydrogen-bond acceptors (Lipinski definition) is 5. The third-order valence-corrected chi connectivity index (χ3v) is 4.81. The molecule has 2 aromatic rings. The van der Waals surface area contributed by atoms with E-state index >= 15 is 0 Å². The lowest BCUT2D eigenvalue weighted by Crippen LogP contribution is -2.36. The van der Waals surface area contributed by atoms with E-state index in [9.17, 15) is 13.2 Å². The Morgan fingerprint density at radius 3 is 2.28 bits per heavy atom. The Morgan fingerprint density at radius 1 is 1.08 bits per heavy atom. The van der Waals surface area contributed by atoms with E-state index in [4.69, 9.17) is 4.74 Å². The number of ether oxygens (including phenoxy) is 1. The summed E-state index contributed by atoms with van der Waals surface area (Å²) in [4.78, 5) is 12.2. The molecule has 0 saturated heterocycles. The van der Waals surface area contributed by atoms with Crippen LogP contribution < -0.4 is 14.9 Å². The Balaban J connectivity index is 2.30. The lowest BCUT2D eigenvalue weighted by molar-refractivity contribution is 0.0856. The zero-order valence-electron chi connectivity index (χ0n) is 14.5. The van der Waals surface area contributed by atoms with E-state index < -0.39 is 10.0 Å². The molecule has 2 aromatic carbocycles. The van der Waals surface area contributed by atoms with Crippen molar-refractivity contribution in [2.45, 2.75) is 11.8 Å². The number of carbonyl (C=O) groups is 1. The minimum absolute atomic E-state index is 0.0119. The molecule has 1 amide bonds. The molecule has 0 atom stereocenters. The second-order valence-electron chi connectivity index (χ2n) is 5.65. The zero-order chi connectivity index (χ0) is 18.6. The van der Waals surface area contributed by atoms with E-state index in [1.807, 2.05) is 0 Å². The maximum absolute atomic E-state index is 12.6. The van der Waals surface area contributed by atoms with Gasteiger partial charge in [0, 0.05) is 25.3 Å². The summed E-state index contributed by atoms with van der Waals surface area (Å²) in [5, 5.41) is 1.50. The van der Waals surface area contributed by atoms with Crippen molar-refractivity contribution in [3.63, 3.8) is 0 Å². The number of anilines is 1. The summed E-state index contributed by atoms with van der Waals surface area (Å²) in [6, 6.07) is 10.9. The minimum Gasteiger partial charge on any atom is -0.497 e. The average Bonchev–Trinajstić information content (AvgIpc) is 2.54. The Bertz CT molecular complexity index is 862. The normalized spacial score (nSPS) is 11.2. The molecule has 0 fully saturated rings. The van der Waals surface area contributed by atoms with Crippen LogP contribution in [-0.4, -0.2) is 40.5 Å². The number of benzene rings is 2. The van der Waals surface area contributed by atoms with Gasteiger partial charge in [-0.1, -0.05) is 6.07 Å². The molecule has 0 saturated carbocycles. The maximum Gasteiger partial charge on any atom is 0.265 e. The second-order valence-corrected chi connectivity index (χ2v) is 7.33. The lowest BCUT2D eigenvalue weighted by atomic mass is 10.1. The number of hydrogen-bond donors (Lipinski definition) is 2. The first-order valence-corrected chi connectivity index (χ1v) is 8.97. The van der Waals surface area contributed by atoms with Crippen molar-refractivity contribution in [3.05, 3.63) is 53.6 Å². The van der Waals surface area contributed by atoms with Crippen molar-refractivity contribution in [2.24, 2.45) is 0 Å². The van der Waals surface area contributed by atoms with E-state index in [0.717, 1.165) is 0 Å². The molecule has 0 spiro atoms. The van der Waals surface area contributed by atoms with Gasteiger partial charge in [-0.3, -0.25) is 14.9 Å². The molecule has 7 nitrogen and oxygen atoms in total. The number of amides is 1. The van der Waals surface area contributed by atoms with Gasteiger partial charge in [0.15, 0.2) is 0 Å². The van der Waals surface area contributed by atoms with E-state index in [2.05, 4.69) is 10.1 Å². The van der Waals surface area contributed by atoms with Crippen LogP contribution in [0.4, 0.5) is 5.69 Å². The summed E-state index contributed by atoms with van der Waals surface area (Å²) in [7, 11) is 1.07. The quantitative estimate of drug-likeness (QED) is 0.767. The largest absolute Gasteiger partial charge is 0.497 e. The molecule has 2 N–H and O–H groups in total. The van der Waals surface area contributed by atoms with Gasteiger partial charge in [-0.05, 0) is 48.9 Å². The number of carbonyl (C=O) groups excluding carboxylic acids is 1. The van der Waals surface area contributed by atoms with Crippen molar-refractivity contribution >= 4 is 21.6 Å². The first kappa shape index (κ1) is 18.8. The van der Waals surface area contributed by atoms with Crippen molar-refractivity contribution < 1.29 is 17.9 Å². The van der Waals surface area contributed by atoms with Crippen molar-refractivity contribution in [3.8, 4) is 5.75 Å². The summed E-state index contributed by atoms with van der Waals surface area (Å²) >= 11 is 0. The topological polar surface area (TPSA) is 87.7 Å². The number of sulfonamides is 1. The van der Waals surface area contributed by atoms with Gasteiger partial charge in [-0.25, -0.2) is 13.4 Å². The Hall–Kier alpha value is -2.58. The van der Waals surface area contributed by atoms with E-state index in [0.29, 0.717) is 22.6 Å². The molecule has 0 aliphatic rings. The number of nitrogens with zero attached hydrogens (tertiary/aromatic N) is 1. The molecule has 25 heavy (non-hydrogen) atoms. The number of rotatable bonds is 6. The predicted molar refractivity (Wildman–Crippen MR) is 96.1 cm³/mol. The Labute approximate surface area is 147 Å². The molecular weight excluding hydrogens is 342 g/mol. The van der Waals surface area contributed by atoms with Crippen LogP contribution in [0.3, 0.4) is 0 Å². The van der Waals surface area contributed by atoms with Crippen LogP contribution in [-0.2, 0) is 10.0 Å². The molecule has 0 unspecified atom stereocenters. The van der Waals surface area contributed by atoms with Gasteiger partial charge in [0.1, 0.15) is 5.75 Å². The number of hydrazine groups is 1. The highest BCUT2D eigenvalue weighted by molar-refractivity contribution is 7.92. The highest BCUT2D eigenvalue weighted by Crippen LogP contribution is 2.21. The molecule has 0 bridgehead atoms. The van der Waals surface area contributed by atoms with Crippen LogP contribution in [0.15, 0.2) is 47.4 Å². The van der Waals surface area contributed by atoms with Gasteiger partial charge in [0.25, 0.3) is 15.9 Å². The molecule has 0 heterocycles. The predicted octanol–water partition coefficient (Wildman–Crippen LogP) is 2.01. The zero-order valence-corrected chi connectivity index (χ0v) is 15.3. The van der Waals surface area contributed by atoms with Gasteiger partial charge >= 0.3 is 0 Å². The van der Waals surface area contributed by atoms with Crippen molar-refractivity contribution in [2.75, 3.05) is 25.9 Å². The fourth-order valence-electron chi connectivity index (χ4n) is 2.15. The monoisotopic (exact) mass is 363 g/mol. The molecule has 0 aromatic heterocycles. The molecular formula is C17H21N3O4S. The summed E-state index contributed by atoms with van der Waals surface area (Å²) in [6.45, 7) is 1.75. The van der Waals surface area contributed by atoms with Gasteiger partial charge in [0.05, 0.1) is 12.0 Å². The SMILES string of the molecule is COc1ccc(NS(=O)(=O)c2ccc(C)c(C(=O)NN(C)C)c2)cc1. The smallest absolute Gasteiger partial charge is 0.265 e. The van der Waals surface area contributed by atoms with Gasteiger partial charge in [0.2, 0.25) is 0 Å². The van der Waals surface area contributed by atoms with Gasteiger partial charge < -0.3 is 4.74 Å². The maximum atomic E-state index is 12.6. The van der Waals surface area contributed by atoms with Crippen molar-refractivity contribution in [1.29, 1.82) is 0 Å². The summed E-state index contributed by atoms with van der Waals surface area (Å²) in [5.41, 5.74) is 3.99. The van der Waals surface area contributed by atoms with E-state index in [-0.39, 0.29) is 10.8 Å². The standard InChI is InChI=1S/C17H21N3O4S/c1-12-5-10-15(11-16(12)17(21)18-20(2)3)25(22,23)19-13-6-8-14(24-4)9-7-13/h5-11,19H,1-4H3,(H,18,21). The van der Waals surface area contributed by atoms with Crippen molar-refractivity contribution in [1.82, 2.24) is 10.4 Å². The first-order chi connectivity index (χ1) is 11.7. The van der Waals surface area contributed by atoms with Crippen LogP contribution in [0, 0.1) is 6.92 Å². The van der Waals surface area contributed by atoms with E-state index in [1.54, 1.807) is 51.4 Å². The summed E-state index contributed by atoms with van der Waals surface area (Å²) < 4.78 is 32.7. The van der Waals surface area contributed by atoms with Gasteiger partial charge in [-0.15, -0.1) is 0 Å². The third kappa shape index (κ3) is 4.71. The van der Waals surface area contributed by atoms with Crippen LogP contribution in [0.25, 0.3) is 0 Å². The minimum atomic E-state index is -3.82. The third-order valence-electron chi connectivity index (χ3n) is 3.43. The first-order valence-electron chi connectivity index (χ1n) is 7.49. The highest BCUT2D eigenvalue weighted by Gasteiger charge is 2.18. The highest BCUT2D eigenvalue weighted by atomic mass is 32.2. The molecule has 134 valence electrons. The number of nitrogens with one attached hydrogen (secondary N) is 2. The molecule has 0 aliphatic heterocycles. The van der Waals surface area contributed by atoms with Crippen LogP contribution in [0.2, 0.25) is 0 Å². The molecule has 0 aliphatic carbocycles. The second kappa shape index (κ2) is 7.54. The lowest BCUT2D eigenvalue weighted by Gasteiger charge is -2.14. The molecule has 8 heteroatoms. The number of aryl methyl sites for hydroxylation is 1. The Morgan fingerprint density at radius 2 is 1.72 bits per heavy atom. The summed E-state index contributed by atoms with van der Waals surface area (Å²) in [6.07, 6.45) is 0. The van der Waals surface area contributed by atoms with Crippen LogP contribution in [0.1, 0.15) is 15.9 Å². The fourth-order valence-corrected chi connectivity index (χ4v) is 3.23. The fraction of sp³-hybridized carbons (Fsp3) is 0.235.